The second-order valence-corrected chi connectivity index (χ2v) is 4.78. The highest BCUT2D eigenvalue weighted by molar-refractivity contribution is 14.1. The Morgan fingerprint density at radius 3 is 2.88 bits per heavy atom. The molecule has 5 nitrogen and oxygen atoms in total. The first kappa shape index (κ1) is 11.4. The summed E-state index contributed by atoms with van der Waals surface area (Å²) in [7, 11) is 0. The number of hydrogen-bond donors (Lipinski definition) is 1. The van der Waals surface area contributed by atoms with Gasteiger partial charge < -0.3 is 10.3 Å². The fourth-order valence-corrected chi connectivity index (χ4v) is 1.98. The Labute approximate surface area is 108 Å². The molecule has 0 aromatic carbocycles. The molecule has 0 spiro atoms. The highest BCUT2D eigenvalue weighted by atomic mass is 127. The Morgan fingerprint density at radius 2 is 2.25 bits per heavy atom. The molecule has 0 saturated heterocycles. The summed E-state index contributed by atoms with van der Waals surface area (Å²) in [5.41, 5.74) is 7.04. The van der Waals surface area contributed by atoms with E-state index >= 15 is 0 Å². The number of aryl methyl sites for hydroxylation is 1. The Morgan fingerprint density at radius 1 is 1.44 bits per heavy atom. The normalized spacial score (nSPS) is 10.9. The molecule has 0 aliphatic heterocycles. The molecule has 86 valence electrons. The van der Waals surface area contributed by atoms with E-state index < -0.39 is 0 Å². The summed E-state index contributed by atoms with van der Waals surface area (Å²) in [4.78, 5) is 4.15. The summed E-state index contributed by atoms with van der Waals surface area (Å²) in [6.07, 6.45) is 6.58. The van der Waals surface area contributed by atoms with Gasteiger partial charge in [0.2, 0.25) is 0 Å². The fraction of sp³-hybridized carbons (Fsp3) is 0.400. The van der Waals surface area contributed by atoms with Gasteiger partial charge in [-0.2, -0.15) is 5.10 Å². The number of nitrogens with two attached hydrogens (primary N) is 1. The molecule has 0 radical (unpaired) electrons. The van der Waals surface area contributed by atoms with Crippen molar-refractivity contribution in [3.05, 3.63) is 28.0 Å². The molecular weight excluding hydrogens is 317 g/mol. The summed E-state index contributed by atoms with van der Waals surface area (Å²) >= 11 is 2.18. The van der Waals surface area contributed by atoms with Gasteiger partial charge in [0.1, 0.15) is 5.82 Å². The molecule has 0 aliphatic carbocycles. The lowest BCUT2D eigenvalue weighted by Crippen LogP contribution is -2.10. The van der Waals surface area contributed by atoms with E-state index in [-0.39, 0.29) is 0 Å². The van der Waals surface area contributed by atoms with Gasteiger partial charge in [0.25, 0.3) is 0 Å². The van der Waals surface area contributed by atoms with Crippen LogP contribution in [0.3, 0.4) is 0 Å². The minimum Gasteiger partial charge on any atom is -0.383 e. The highest BCUT2D eigenvalue weighted by Gasteiger charge is 2.07. The molecule has 2 N–H and O–H groups in total. The molecule has 2 aromatic rings. The number of halogens is 1. The third-order valence-corrected chi connectivity index (χ3v) is 3.24. The molecule has 0 aliphatic rings. The van der Waals surface area contributed by atoms with Crippen molar-refractivity contribution < 1.29 is 0 Å². The fourth-order valence-electron chi connectivity index (χ4n) is 1.57. The molecule has 0 atom stereocenters. The van der Waals surface area contributed by atoms with Crippen molar-refractivity contribution in [2.45, 2.75) is 26.4 Å². The van der Waals surface area contributed by atoms with E-state index in [4.69, 9.17) is 5.73 Å². The SMILES string of the molecule is CCCn1cncc1Cn1ncc(I)c1N. The van der Waals surface area contributed by atoms with Gasteiger partial charge in [0.15, 0.2) is 0 Å². The maximum Gasteiger partial charge on any atom is 0.135 e. The number of aromatic nitrogens is 4. The molecule has 0 saturated carbocycles. The minimum atomic E-state index is 0.675. The summed E-state index contributed by atoms with van der Waals surface area (Å²) in [5, 5.41) is 4.23. The maximum absolute atomic E-state index is 5.91. The van der Waals surface area contributed by atoms with Crippen molar-refractivity contribution in [2.24, 2.45) is 0 Å². The number of nitrogens with zero attached hydrogens (tertiary/aromatic N) is 4. The Bertz CT molecular complexity index is 473. The van der Waals surface area contributed by atoms with E-state index in [1.807, 2.05) is 12.5 Å². The maximum atomic E-state index is 5.91. The first-order valence-corrected chi connectivity index (χ1v) is 6.26. The highest BCUT2D eigenvalue weighted by Crippen LogP contribution is 2.15. The Balaban J connectivity index is 2.20. The number of anilines is 1. The molecule has 0 fully saturated rings. The second kappa shape index (κ2) is 4.86. The topological polar surface area (TPSA) is 61.7 Å². The summed E-state index contributed by atoms with van der Waals surface area (Å²) in [6.45, 7) is 3.80. The van der Waals surface area contributed by atoms with Crippen LogP contribution in [0.2, 0.25) is 0 Å². The summed E-state index contributed by atoms with van der Waals surface area (Å²) in [6, 6.07) is 0. The number of imidazole rings is 1. The minimum absolute atomic E-state index is 0.675. The van der Waals surface area contributed by atoms with Crippen molar-refractivity contribution in [3.63, 3.8) is 0 Å². The standard InChI is InChI=1S/C10H14IN5/c1-2-3-15-7-13-4-8(15)6-16-10(12)9(11)5-14-16/h4-5,7H,2-3,6,12H2,1H3. The zero-order valence-corrected chi connectivity index (χ0v) is 11.3. The largest absolute Gasteiger partial charge is 0.383 e. The van der Waals surface area contributed by atoms with E-state index in [1.165, 1.54) is 0 Å². The van der Waals surface area contributed by atoms with E-state index in [0.29, 0.717) is 12.4 Å². The van der Waals surface area contributed by atoms with Crippen molar-refractivity contribution in [1.29, 1.82) is 0 Å². The summed E-state index contributed by atoms with van der Waals surface area (Å²) in [5.74, 6) is 0.713. The van der Waals surface area contributed by atoms with Crippen LogP contribution in [0.15, 0.2) is 18.7 Å². The van der Waals surface area contributed by atoms with E-state index in [1.54, 1.807) is 10.9 Å². The number of hydrogen-bond acceptors (Lipinski definition) is 3. The Hall–Kier alpha value is -1.05. The number of rotatable bonds is 4. The van der Waals surface area contributed by atoms with Gasteiger partial charge in [-0.25, -0.2) is 9.67 Å². The van der Waals surface area contributed by atoms with Gasteiger partial charge in [-0.3, -0.25) is 0 Å². The number of nitrogen functional groups attached to an aromatic ring is 1. The quantitative estimate of drug-likeness (QED) is 0.868. The van der Waals surface area contributed by atoms with Crippen LogP contribution in [0.25, 0.3) is 0 Å². The van der Waals surface area contributed by atoms with Crippen LogP contribution in [0.4, 0.5) is 5.82 Å². The monoisotopic (exact) mass is 331 g/mol. The lowest BCUT2D eigenvalue weighted by molar-refractivity contribution is 0.601. The predicted octanol–water partition coefficient (Wildman–Crippen LogP) is 1.72. The van der Waals surface area contributed by atoms with Crippen LogP contribution < -0.4 is 5.73 Å². The van der Waals surface area contributed by atoms with Gasteiger partial charge in [-0.1, -0.05) is 6.92 Å². The third kappa shape index (κ3) is 2.21. The Kier molecular flexibility index (Phi) is 3.47. The zero-order valence-electron chi connectivity index (χ0n) is 9.10. The van der Waals surface area contributed by atoms with Crippen molar-refractivity contribution in [2.75, 3.05) is 5.73 Å². The van der Waals surface area contributed by atoms with Crippen molar-refractivity contribution >= 4 is 28.4 Å². The summed E-state index contributed by atoms with van der Waals surface area (Å²) < 4.78 is 4.91. The van der Waals surface area contributed by atoms with Gasteiger partial charge in [0.05, 0.1) is 34.5 Å². The van der Waals surface area contributed by atoms with E-state index in [9.17, 15) is 0 Å². The van der Waals surface area contributed by atoms with E-state index in [2.05, 4.69) is 44.2 Å². The van der Waals surface area contributed by atoms with Crippen LogP contribution in [-0.2, 0) is 13.1 Å². The van der Waals surface area contributed by atoms with Crippen LogP contribution in [0.1, 0.15) is 19.0 Å². The lowest BCUT2D eigenvalue weighted by atomic mass is 10.4. The second-order valence-electron chi connectivity index (χ2n) is 3.61. The molecule has 0 amide bonds. The third-order valence-electron chi connectivity index (χ3n) is 2.41. The molecule has 2 heterocycles. The van der Waals surface area contributed by atoms with Crippen LogP contribution >= 0.6 is 22.6 Å². The van der Waals surface area contributed by atoms with Crippen LogP contribution in [0, 0.1) is 3.57 Å². The molecule has 2 rings (SSSR count). The molecular formula is C10H14IN5. The van der Waals surface area contributed by atoms with Crippen molar-refractivity contribution in [3.8, 4) is 0 Å². The van der Waals surface area contributed by atoms with E-state index in [0.717, 1.165) is 22.2 Å². The van der Waals surface area contributed by atoms with Gasteiger partial charge in [0, 0.05) is 6.54 Å². The first-order chi connectivity index (χ1) is 7.72. The van der Waals surface area contributed by atoms with Gasteiger partial charge in [-0.15, -0.1) is 0 Å². The van der Waals surface area contributed by atoms with Gasteiger partial charge >= 0.3 is 0 Å². The average molecular weight is 331 g/mol. The average Bonchev–Trinajstić information content (AvgIpc) is 2.82. The first-order valence-electron chi connectivity index (χ1n) is 5.18. The van der Waals surface area contributed by atoms with Crippen LogP contribution in [0.5, 0.6) is 0 Å². The zero-order chi connectivity index (χ0) is 11.5. The molecule has 0 unspecified atom stereocenters. The van der Waals surface area contributed by atoms with Crippen molar-refractivity contribution in [1.82, 2.24) is 19.3 Å². The lowest BCUT2D eigenvalue weighted by Gasteiger charge is -2.07. The molecule has 6 heteroatoms. The van der Waals surface area contributed by atoms with Crippen LogP contribution in [-0.4, -0.2) is 19.3 Å². The molecule has 2 aromatic heterocycles. The molecule has 16 heavy (non-hydrogen) atoms. The predicted molar refractivity (Wildman–Crippen MR) is 71.0 cm³/mol. The molecule has 0 bridgehead atoms. The van der Waals surface area contributed by atoms with Gasteiger partial charge in [-0.05, 0) is 29.0 Å². The smallest absolute Gasteiger partial charge is 0.135 e.